The van der Waals surface area contributed by atoms with Crippen molar-refractivity contribution in [2.45, 2.75) is 46.0 Å². The van der Waals surface area contributed by atoms with E-state index < -0.39 is 0 Å². The zero-order valence-corrected chi connectivity index (χ0v) is 9.00. The minimum absolute atomic E-state index is 0.00653. The molecule has 0 fully saturated rings. The van der Waals surface area contributed by atoms with Gasteiger partial charge in [0.25, 0.3) is 0 Å². The van der Waals surface area contributed by atoms with Crippen molar-refractivity contribution in [1.82, 2.24) is 15.0 Å². The Hall–Kier alpha value is -0.990. The van der Waals surface area contributed by atoms with E-state index in [0.717, 1.165) is 11.6 Å². The van der Waals surface area contributed by atoms with E-state index in [-0.39, 0.29) is 5.41 Å². The quantitative estimate of drug-likeness (QED) is 0.664. The fourth-order valence-electron chi connectivity index (χ4n) is 0.948. The first-order valence-corrected chi connectivity index (χ1v) is 4.60. The first kappa shape index (κ1) is 10.1. The summed E-state index contributed by atoms with van der Waals surface area (Å²) in [5.41, 5.74) is 0.00653. The predicted octanol–water partition coefficient (Wildman–Crippen LogP) is 2.29. The molecule has 0 aliphatic heterocycles. The average molecular weight is 179 g/mol. The second-order valence-electron chi connectivity index (χ2n) is 4.57. The lowest BCUT2D eigenvalue weighted by Crippen LogP contribution is -2.17. The minimum atomic E-state index is 0.00653. The van der Waals surface area contributed by atoms with Crippen LogP contribution in [0.15, 0.2) is 6.33 Å². The Morgan fingerprint density at radius 1 is 1.15 bits per heavy atom. The van der Waals surface area contributed by atoms with Crippen molar-refractivity contribution < 1.29 is 0 Å². The third-order valence-corrected chi connectivity index (χ3v) is 1.78. The highest BCUT2D eigenvalue weighted by atomic mass is 15.0. The van der Waals surface area contributed by atoms with Gasteiger partial charge >= 0.3 is 0 Å². The summed E-state index contributed by atoms with van der Waals surface area (Å²) in [5, 5.41) is 0. The maximum atomic E-state index is 4.42. The number of nitrogens with zero attached hydrogens (tertiary/aromatic N) is 3. The summed E-state index contributed by atoms with van der Waals surface area (Å²) in [6.07, 6.45) is 1.60. The van der Waals surface area contributed by atoms with Gasteiger partial charge in [-0.3, -0.25) is 0 Å². The summed E-state index contributed by atoms with van der Waals surface area (Å²) < 4.78 is 0. The molecule has 0 saturated carbocycles. The third-order valence-electron chi connectivity index (χ3n) is 1.78. The monoisotopic (exact) mass is 179 g/mol. The lowest BCUT2D eigenvalue weighted by atomic mass is 9.96. The highest BCUT2D eigenvalue weighted by molar-refractivity contribution is 5.03. The van der Waals surface area contributed by atoms with Crippen molar-refractivity contribution in [3.05, 3.63) is 18.0 Å². The van der Waals surface area contributed by atoms with Crippen molar-refractivity contribution in [1.29, 1.82) is 0 Å². The van der Waals surface area contributed by atoms with E-state index in [2.05, 4.69) is 49.6 Å². The molecule has 13 heavy (non-hydrogen) atoms. The predicted molar refractivity (Wildman–Crippen MR) is 52.6 cm³/mol. The Labute approximate surface area is 79.6 Å². The Kier molecular flexibility index (Phi) is 2.64. The lowest BCUT2D eigenvalue weighted by molar-refractivity contribution is 0.531. The van der Waals surface area contributed by atoms with Gasteiger partial charge in [0.05, 0.1) is 0 Å². The van der Waals surface area contributed by atoms with Crippen LogP contribution in [0.4, 0.5) is 0 Å². The van der Waals surface area contributed by atoms with Crippen LogP contribution in [0.3, 0.4) is 0 Å². The minimum Gasteiger partial charge on any atom is -0.221 e. The summed E-state index contributed by atoms with van der Waals surface area (Å²) >= 11 is 0. The van der Waals surface area contributed by atoms with E-state index in [1.165, 1.54) is 0 Å². The molecule has 0 aliphatic carbocycles. The molecule has 0 amide bonds. The molecule has 0 saturated heterocycles. The first-order valence-electron chi connectivity index (χ1n) is 4.60. The molecule has 0 radical (unpaired) electrons. The van der Waals surface area contributed by atoms with E-state index in [9.17, 15) is 0 Å². The Morgan fingerprint density at radius 3 is 2.23 bits per heavy atom. The topological polar surface area (TPSA) is 38.7 Å². The van der Waals surface area contributed by atoms with Crippen LogP contribution in [0.2, 0.25) is 0 Å². The van der Waals surface area contributed by atoms with Crippen LogP contribution < -0.4 is 0 Å². The number of rotatable bonds is 1. The maximum Gasteiger partial charge on any atom is 0.137 e. The smallest absolute Gasteiger partial charge is 0.137 e. The largest absolute Gasteiger partial charge is 0.221 e. The summed E-state index contributed by atoms with van der Waals surface area (Å²) in [5.74, 6) is 2.11. The summed E-state index contributed by atoms with van der Waals surface area (Å²) in [6, 6.07) is 0. The van der Waals surface area contributed by atoms with Crippen molar-refractivity contribution in [3.8, 4) is 0 Å². The van der Waals surface area contributed by atoms with Crippen molar-refractivity contribution >= 4 is 0 Å². The van der Waals surface area contributed by atoms with Crippen LogP contribution in [-0.4, -0.2) is 15.0 Å². The molecule has 0 spiro atoms. The standard InChI is InChI=1S/C10H17N3/c1-7(2)8-11-6-12-9(13-8)10(3,4)5/h6-7H,1-5H3. The SMILES string of the molecule is CC(C)c1ncnc(C(C)(C)C)n1. The Balaban J connectivity index is 3.06. The van der Waals surface area contributed by atoms with E-state index >= 15 is 0 Å². The number of hydrogen-bond donors (Lipinski definition) is 0. The van der Waals surface area contributed by atoms with Crippen LogP contribution >= 0.6 is 0 Å². The van der Waals surface area contributed by atoms with E-state index in [1.807, 2.05) is 0 Å². The fourth-order valence-corrected chi connectivity index (χ4v) is 0.948. The number of aromatic nitrogens is 3. The molecule has 0 aliphatic rings. The molecule has 0 bridgehead atoms. The van der Waals surface area contributed by atoms with Gasteiger partial charge in [0.2, 0.25) is 0 Å². The molecule has 0 unspecified atom stereocenters. The van der Waals surface area contributed by atoms with Crippen molar-refractivity contribution in [2.75, 3.05) is 0 Å². The van der Waals surface area contributed by atoms with Gasteiger partial charge in [0, 0.05) is 11.3 Å². The molecule has 1 aromatic rings. The second kappa shape index (κ2) is 3.40. The van der Waals surface area contributed by atoms with Crippen LogP contribution in [0.25, 0.3) is 0 Å². The van der Waals surface area contributed by atoms with E-state index in [0.29, 0.717) is 5.92 Å². The molecule has 72 valence electrons. The van der Waals surface area contributed by atoms with Crippen LogP contribution in [-0.2, 0) is 5.41 Å². The van der Waals surface area contributed by atoms with Gasteiger partial charge in [-0.05, 0) is 0 Å². The summed E-state index contributed by atoms with van der Waals surface area (Å²) in [4.78, 5) is 12.7. The van der Waals surface area contributed by atoms with Gasteiger partial charge < -0.3 is 0 Å². The molecule has 1 heterocycles. The highest BCUT2D eigenvalue weighted by Crippen LogP contribution is 2.18. The van der Waals surface area contributed by atoms with E-state index in [4.69, 9.17) is 0 Å². The van der Waals surface area contributed by atoms with Crippen molar-refractivity contribution in [2.24, 2.45) is 0 Å². The molecule has 0 aromatic carbocycles. The van der Waals surface area contributed by atoms with E-state index in [1.54, 1.807) is 6.33 Å². The van der Waals surface area contributed by atoms with Gasteiger partial charge in [-0.2, -0.15) is 0 Å². The molecular formula is C10H17N3. The third kappa shape index (κ3) is 2.47. The summed E-state index contributed by atoms with van der Waals surface area (Å²) in [7, 11) is 0. The molecule has 0 N–H and O–H groups in total. The molecular weight excluding hydrogens is 162 g/mol. The van der Waals surface area contributed by atoms with Gasteiger partial charge in [-0.25, -0.2) is 15.0 Å². The fraction of sp³-hybridized carbons (Fsp3) is 0.700. The normalized spacial score (nSPS) is 12.2. The zero-order valence-electron chi connectivity index (χ0n) is 9.00. The second-order valence-corrected chi connectivity index (χ2v) is 4.57. The van der Waals surface area contributed by atoms with Gasteiger partial charge in [0.1, 0.15) is 18.0 Å². The molecule has 1 rings (SSSR count). The first-order chi connectivity index (χ1) is 5.91. The maximum absolute atomic E-state index is 4.42. The van der Waals surface area contributed by atoms with Gasteiger partial charge in [0.15, 0.2) is 0 Å². The van der Waals surface area contributed by atoms with Gasteiger partial charge in [-0.15, -0.1) is 0 Å². The van der Waals surface area contributed by atoms with Crippen LogP contribution in [0, 0.1) is 0 Å². The van der Waals surface area contributed by atoms with Crippen LogP contribution in [0.5, 0.6) is 0 Å². The van der Waals surface area contributed by atoms with Crippen molar-refractivity contribution in [3.63, 3.8) is 0 Å². The number of hydrogen-bond acceptors (Lipinski definition) is 3. The van der Waals surface area contributed by atoms with Gasteiger partial charge in [-0.1, -0.05) is 34.6 Å². The molecule has 3 nitrogen and oxygen atoms in total. The molecule has 3 heteroatoms. The lowest BCUT2D eigenvalue weighted by Gasteiger charge is -2.16. The Morgan fingerprint density at radius 2 is 1.77 bits per heavy atom. The zero-order chi connectivity index (χ0) is 10.1. The average Bonchev–Trinajstić information content (AvgIpc) is 2.03. The Bertz CT molecular complexity index is 286. The highest BCUT2D eigenvalue weighted by Gasteiger charge is 2.18. The molecule has 1 aromatic heterocycles. The molecule has 0 atom stereocenters. The van der Waals surface area contributed by atoms with Crippen LogP contribution in [0.1, 0.15) is 52.2 Å². The summed E-state index contributed by atoms with van der Waals surface area (Å²) in [6.45, 7) is 10.5.